The average molecular weight is 417 g/mol. The lowest BCUT2D eigenvalue weighted by Gasteiger charge is -2.37. The maximum Gasteiger partial charge on any atom is 0.490 e. The summed E-state index contributed by atoms with van der Waals surface area (Å²) in [4.78, 5) is 24.8. The largest absolute Gasteiger partial charge is 0.490 e. The molecule has 8 nitrogen and oxygen atoms in total. The number of carbonyl (C=O) groups is 2. The summed E-state index contributed by atoms with van der Waals surface area (Å²) in [5.74, 6) is -2.52. The molecule has 2 aliphatic rings. The van der Waals surface area contributed by atoms with E-state index in [0.717, 1.165) is 6.42 Å². The van der Waals surface area contributed by atoms with Crippen molar-refractivity contribution in [2.45, 2.75) is 50.2 Å². The van der Waals surface area contributed by atoms with Crippen LogP contribution in [0.25, 0.3) is 0 Å². The number of likely N-dealkylation sites (tertiary alicyclic amines) is 1. The number of fused-ring (bicyclic) bond motifs is 1. The Morgan fingerprint density at radius 2 is 1.67 bits per heavy atom. The van der Waals surface area contributed by atoms with Crippen LogP contribution in [0.1, 0.15) is 26.7 Å². The molecule has 2 saturated heterocycles. The summed E-state index contributed by atoms with van der Waals surface area (Å²) in [7, 11) is -1.03. The summed E-state index contributed by atoms with van der Waals surface area (Å²) < 4.78 is 56.2. The highest BCUT2D eigenvalue weighted by atomic mass is 32.2. The van der Waals surface area contributed by atoms with Gasteiger partial charge in [0.05, 0.1) is 11.0 Å². The van der Waals surface area contributed by atoms with Gasteiger partial charge in [-0.3, -0.25) is 0 Å². The van der Waals surface area contributed by atoms with Gasteiger partial charge in [-0.15, -0.1) is 0 Å². The molecule has 2 atom stereocenters. The molecular formula is C15H26F3N3O5S. The molecule has 27 heavy (non-hydrogen) atoms. The summed E-state index contributed by atoms with van der Waals surface area (Å²) in [6.07, 6.45) is -3.81. The van der Waals surface area contributed by atoms with Crippen LogP contribution in [0, 0.1) is 0 Å². The topological polar surface area (TPSA) is 107 Å². The lowest BCUT2D eigenvalue weighted by Crippen LogP contribution is -2.52. The Balaban J connectivity index is 0.000000445. The Bertz CT molecular complexity index is 639. The molecule has 0 radical (unpaired) electrons. The Hall–Kier alpha value is -1.56. The number of nitrogens with one attached hydrogen (secondary N) is 1. The summed E-state index contributed by atoms with van der Waals surface area (Å²) in [6, 6.07) is 0.0590. The summed E-state index contributed by atoms with van der Waals surface area (Å²) >= 11 is 0. The van der Waals surface area contributed by atoms with E-state index in [2.05, 4.69) is 10.2 Å². The minimum atomic E-state index is -5.08. The third kappa shape index (κ3) is 6.83. The van der Waals surface area contributed by atoms with Gasteiger partial charge in [0.2, 0.25) is 0 Å². The van der Waals surface area contributed by atoms with Crippen LogP contribution in [0.5, 0.6) is 0 Å². The monoisotopic (exact) mass is 417 g/mol. The second-order valence-corrected chi connectivity index (χ2v) is 9.26. The lowest BCUT2D eigenvalue weighted by molar-refractivity contribution is -0.192. The molecule has 2 amide bonds. The van der Waals surface area contributed by atoms with E-state index in [1.807, 2.05) is 20.9 Å². The van der Waals surface area contributed by atoms with E-state index in [1.165, 1.54) is 0 Å². The summed E-state index contributed by atoms with van der Waals surface area (Å²) in [5.41, 5.74) is 0. The van der Waals surface area contributed by atoms with Crippen LogP contribution in [0.2, 0.25) is 0 Å². The predicted molar refractivity (Wildman–Crippen MR) is 92.2 cm³/mol. The van der Waals surface area contributed by atoms with Crippen molar-refractivity contribution in [2.75, 3.05) is 32.4 Å². The number of sulfone groups is 1. The molecule has 2 fully saturated rings. The van der Waals surface area contributed by atoms with Crippen LogP contribution < -0.4 is 5.32 Å². The minimum absolute atomic E-state index is 0.0469. The smallest absolute Gasteiger partial charge is 0.475 e. The van der Waals surface area contributed by atoms with Crippen LogP contribution in [0.4, 0.5) is 18.0 Å². The Kier molecular flexibility index (Phi) is 7.90. The van der Waals surface area contributed by atoms with E-state index in [4.69, 9.17) is 9.90 Å². The minimum Gasteiger partial charge on any atom is -0.475 e. The number of amides is 2. The molecule has 0 aromatic carbocycles. The third-order valence-corrected chi connectivity index (χ3v) is 6.73. The van der Waals surface area contributed by atoms with Gasteiger partial charge in [0.25, 0.3) is 0 Å². The number of nitrogens with zero attached hydrogens (tertiary/aromatic N) is 2. The SMILES string of the molecule is CC(C)NC(=O)N1CC[C@@H]2[C@H](CC1)N(C)CCS2(=O)=O.O=C(O)C(F)(F)F. The number of carbonyl (C=O) groups excluding carboxylic acids is 1. The molecule has 0 saturated carbocycles. The van der Waals surface area contributed by atoms with Crippen LogP contribution in [0.3, 0.4) is 0 Å². The zero-order valence-corrected chi connectivity index (χ0v) is 16.3. The first-order valence-corrected chi connectivity index (χ1v) is 10.2. The second-order valence-electron chi connectivity index (χ2n) is 6.92. The fourth-order valence-electron chi connectivity index (χ4n) is 3.11. The van der Waals surface area contributed by atoms with E-state index < -0.39 is 22.0 Å². The van der Waals surface area contributed by atoms with Gasteiger partial charge in [0.15, 0.2) is 9.84 Å². The van der Waals surface area contributed by atoms with Crippen LogP contribution in [0.15, 0.2) is 0 Å². The molecule has 2 heterocycles. The highest BCUT2D eigenvalue weighted by Crippen LogP contribution is 2.27. The standard InChI is InChI=1S/C13H25N3O3S.C2HF3O2/c1-10(2)14-13(17)16-6-4-11-12(5-7-16)20(18,19)9-8-15(11)3;3-2(4,5)1(6)7/h10-12H,4-9H2,1-3H3,(H,14,17);(H,6,7)/t11-,12+;/m0./s1. The molecule has 0 bridgehead atoms. The number of halogens is 3. The maximum absolute atomic E-state index is 12.2. The Morgan fingerprint density at radius 1 is 1.15 bits per heavy atom. The fourth-order valence-corrected chi connectivity index (χ4v) is 5.25. The maximum atomic E-state index is 12.2. The molecule has 2 aliphatic heterocycles. The first-order chi connectivity index (χ1) is 12.3. The summed E-state index contributed by atoms with van der Waals surface area (Å²) in [6.45, 7) is 5.59. The van der Waals surface area contributed by atoms with Gasteiger partial charge >= 0.3 is 18.2 Å². The molecular weight excluding hydrogens is 391 g/mol. The Labute approximate surface area is 156 Å². The number of aliphatic carboxylic acids is 1. The van der Waals surface area contributed by atoms with E-state index >= 15 is 0 Å². The second kappa shape index (κ2) is 9.09. The van der Waals surface area contributed by atoms with Gasteiger partial charge in [-0.2, -0.15) is 13.2 Å². The molecule has 0 unspecified atom stereocenters. The lowest BCUT2D eigenvalue weighted by atomic mass is 10.1. The number of carboxylic acid groups (broad SMARTS) is 1. The van der Waals surface area contributed by atoms with Crippen molar-refractivity contribution in [3.63, 3.8) is 0 Å². The molecule has 0 aromatic rings. The van der Waals surface area contributed by atoms with Gasteiger partial charge in [0, 0.05) is 31.7 Å². The molecule has 0 aromatic heterocycles. The third-order valence-electron chi connectivity index (χ3n) is 4.51. The molecule has 2 rings (SSSR count). The van der Waals surface area contributed by atoms with Crippen molar-refractivity contribution in [1.29, 1.82) is 0 Å². The van der Waals surface area contributed by atoms with Crippen molar-refractivity contribution < 1.29 is 36.3 Å². The number of urea groups is 1. The van der Waals surface area contributed by atoms with Crippen molar-refractivity contribution in [1.82, 2.24) is 15.1 Å². The van der Waals surface area contributed by atoms with Gasteiger partial charge in [-0.05, 0) is 33.7 Å². The zero-order chi connectivity index (χ0) is 21.0. The first kappa shape index (κ1) is 23.5. The number of rotatable bonds is 1. The van der Waals surface area contributed by atoms with Gasteiger partial charge in [-0.1, -0.05) is 0 Å². The molecule has 2 N–H and O–H groups in total. The van der Waals surface area contributed by atoms with Gasteiger partial charge < -0.3 is 20.2 Å². The van der Waals surface area contributed by atoms with Crippen molar-refractivity contribution in [2.24, 2.45) is 0 Å². The number of carboxylic acids is 1. The summed E-state index contributed by atoms with van der Waals surface area (Å²) in [5, 5.41) is 9.68. The highest BCUT2D eigenvalue weighted by Gasteiger charge is 2.42. The molecule has 158 valence electrons. The quantitative estimate of drug-likeness (QED) is 0.657. The van der Waals surface area contributed by atoms with E-state index in [-0.39, 0.29) is 29.1 Å². The van der Waals surface area contributed by atoms with Crippen LogP contribution in [-0.4, -0.2) is 91.3 Å². The molecule has 0 aliphatic carbocycles. The first-order valence-electron chi connectivity index (χ1n) is 8.53. The van der Waals surface area contributed by atoms with E-state index in [1.54, 1.807) is 4.90 Å². The normalized spacial score (nSPS) is 25.7. The average Bonchev–Trinajstić information content (AvgIpc) is 2.74. The van der Waals surface area contributed by atoms with Gasteiger partial charge in [-0.25, -0.2) is 18.0 Å². The fraction of sp³-hybridized carbons (Fsp3) is 0.867. The van der Waals surface area contributed by atoms with Crippen LogP contribution >= 0.6 is 0 Å². The number of hydrogen-bond donors (Lipinski definition) is 2. The highest BCUT2D eigenvalue weighted by molar-refractivity contribution is 7.92. The molecule has 12 heteroatoms. The van der Waals surface area contributed by atoms with E-state index in [0.29, 0.717) is 26.1 Å². The number of alkyl halides is 3. The zero-order valence-electron chi connectivity index (χ0n) is 15.5. The van der Waals surface area contributed by atoms with Crippen molar-refractivity contribution in [3.8, 4) is 0 Å². The number of hydrogen-bond acceptors (Lipinski definition) is 5. The van der Waals surface area contributed by atoms with Crippen LogP contribution in [-0.2, 0) is 14.6 Å². The van der Waals surface area contributed by atoms with E-state index in [9.17, 15) is 26.4 Å². The molecule has 0 spiro atoms. The van der Waals surface area contributed by atoms with Crippen molar-refractivity contribution in [3.05, 3.63) is 0 Å². The predicted octanol–water partition coefficient (Wildman–Crippen LogP) is 0.931. The van der Waals surface area contributed by atoms with Crippen molar-refractivity contribution >= 4 is 21.8 Å². The Morgan fingerprint density at radius 3 is 2.15 bits per heavy atom. The van der Waals surface area contributed by atoms with Gasteiger partial charge in [0.1, 0.15) is 0 Å².